The fourth-order valence-electron chi connectivity index (χ4n) is 4.12. The van der Waals surface area contributed by atoms with Gasteiger partial charge in [-0.3, -0.25) is 9.59 Å². The van der Waals surface area contributed by atoms with E-state index in [2.05, 4.69) is 0 Å². The summed E-state index contributed by atoms with van der Waals surface area (Å²) in [5.74, 6) is -0.746. The van der Waals surface area contributed by atoms with Gasteiger partial charge in [0.1, 0.15) is 5.92 Å². The van der Waals surface area contributed by atoms with Crippen molar-refractivity contribution in [2.75, 3.05) is 20.8 Å². The number of hydrogen-bond donors (Lipinski definition) is 1. The zero-order valence-electron chi connectivity index (χ0n) is 14.6. The zero-order valence-corrected chi connectivity index (χ0v) is 14.6. The van der Waals surface area contributed by atoms with Crippen LogP contribution in [0.15, 0.2) is 36.4 Å². The Kier molecular flexibility index (Phi) is 3.83. The molecule has 0 aliphatic carbocycles. The number of aliphatic carboxylic acids is 1. The van der Waals surface area contributed by atoms with Crippen LogP contribution in [0.25, 0.3) is 0 Å². The van der Waals surface area contributed by atoms with E-state index in [0.717, 1.165) is 11.1 Å². The first-order chi connectivity index (χ1) is 12.6. The van der Waals surface area contributed by atoms with Crippen molar-refractivity contribution in [1.82, 2.24) is 4.90 Å². The molecule has 2 atom stereocenters. The highest BCUT2D eigenvalue weighted by molar-refractivity contribution is 6.00. The molecule has 26 heavy (non-hydrogen) atoms. The third kappa shape index (κ3) is 2.25. The van der Waals surface area contributed by atoms with E-state index >= 15 is 0 Å². The number of fused-ring (bicyclic) bond motifs is 4. The fraction of sp³-hybridized carbons (Fsp3) is 0.300. The van der Waals surface area contributed by atoms with Crippen LogP contribution in [0.3, 0.4) is 0 Å². The van der Waals surface area contributed by atoms with Gasteiger partial charge >= 0.3 is 5.97 Å². The van der Waals surface area contributed by atoms with Crippen molar-refractivity contribution in [1.29, 1.82) is 0 Å². The number of carboxylic acids is 1. The Morgan fingerprint density at radius 2 is 1.81 bits per heavy atom. The summed E-state index contributed by atoms with van der Waals surface area (Å²) >= 11 is 0. The van der Waals surface area contributed by atoms with E-state index < -0.39 is 17.9 Å². The van der Waals surface area contributed by atoms with E-state index in [4.69, 9.17) is 9.47 Å². The van der Waals surface area contributed by atoms with Crippen molar-refractivity contribution in [3.8, 4) is 11.5 Å². The standard InChI is InChI=1S/C20H19NO5/c1-25-15-9-11-7-8-21-18(14(11)10-16(15)26-2)17(20(23)24)12-5-3-4-6-13(12)19(21)22/h3-6,9-10,17-18H,7-8H2,1-2H3,(H,23,24)/t17-,18+/m1/s1. The fourth-order valence-corrected chi connectivity index (χ4v) is 4.12. The van der Waals surface area contributed by atoms with Crippen LogP contribution in [0.4, 0.5) is 0 Å². The van der Waals surface area contributed by atoms with Crippen LogP contribution in [0.2, 0.25) is 0 Å². The molecule has 2 aromatic carbocycles. The van der Waals surface area contributed by atoms with E-state index in [-0.39, 0.29) is 5.91 Å². The van der Waals surface area contributed by atoms with E-state index in [1.54, 1.807) is 43.4 Å². The van der Waals surface area contributed by atoms with E-state index in [9.17, 15) is 14.7 Å². The van der Waals surface area contributed by atoms with Crippen molar-refractivity contribution in [2.45, 2.75) is 18.4 Å². The van der Waals surface area contributed by atoms with Crippen molar-refractivity contribution in [3.05, 3.63) is 58.7 Å². The van der Waals surface area contributed by atoms with Gasteiger partial charge in [-0.25, -0.2) is 0 Å². The second-order valence-electron chi connectivity index (χ2n) is 6.50. The summed E-state index contributed by atoms with van der Waals surface area (Å²) in [5, 5.41) is 9.97. The number of nitrogens with zero attached hydrogens (tertiary/aromatic N) is 1. The van der Waals surface area contributed by atoms with Crippen molar-refractivity contribution in [2.24, 2.45) is 0 Å². The second kappa shape index (κ2) is 6.05. The van der Waals surface area contributed by atoms with Crippen molar-refractivity contribution >= 4 is 11.9 Å². The maximum Gasteiger partial charge on any atom is 0.313 e. The zero-order chi connectivity index (χ0) is 18.4. The number of hydrogen-bond acceptors (Lipinski definition) is 4. The molecular formula is C20H19NO5. The second-order valence-corrected chi connectivity index (χ2v) is 6.50. The Morgan fingerprint density at radius 3 is 2.50 bits per heavy atom. The molecule has 4 rings (SSSR count). The Balaban J connectivity index is 1.94. The Labute approximate surface area is 151 Å². The lowest BCUT2D eigenvalue weighted by molar-refractivity contribution is -0.140. The number of methoxy groups -OCH3 is 2. The molecule has 6 nitrogen and oxygen atoms in total. The number of carbonyl (C=O) groups excluding carboxylic acids is 1. The van der Waals surface area contributed by atoms with Crippen LogP contribution in [0, 0.1) is 0 Å². The molecule has 2 aliphatic rings. The molecule has 0 saturated heterocycles. The summed E-state index contributed by atoms with van der Waals surface area (Å²) in [6, 6.07) is 10.1. The molecule has 2 aliphatic heterocycles. The van der Waals surface area contributed by atoms with Gasteiger partial charge in [0.05, 0.1) is 20.3 Å². The van der Waals surface area contributed by atoms with Gasteiger partial charge in [-0.15, -0.1) is 0 Å². The largest absolute Gasteiger partial charge is 0.493 e. The Bertz CT molecular complexity index is 907. The molecule has 2 aromatic rings. The smallest absolute Gasteiger partial charge is 0.313 e. The van der Waals surface area contributed by atoms with E-state index in [0.29, 0.717) is 35.6 Å². The molecule has 0 spiro atoms. The molecule has 134 valence electrons. The molecular weight excluding hydrogens is 334 g/mol. The average Bonchev–Trinajstić information content (AvgIpc) is 2.66. The van der Waals surface area contributed by atoms with Gasteiger partial charge in [0, 0.05) is 12.1 Å². The van der Waals surface area contributed by atoms with Crippen LogP contribution in [0.5, 0.6) is 11.5 Å². The predicted molar refractivity (Wildman–Crippen MR) is 93.8 cm³/mol. The maximum absolute atomic E-state index is 13.0. The molecule has 0 saturated carbocycles. The summed E-state index contributed by atoms with van der Waals surface area (Å²) in [6.07, 6.45) is 0.645. The number of rotatable bonds is 3. The monoisotopic (exact) mass is 353 g/mol. The van der Waals surface area contributed by atoms with Gasteiger partial charge in [-0.2, -0.15) is 0 Å². The number of carboxylic acid groups (broad SMARTS) is 1. The molecule has 0 unspecified atom stereocenters. The maximum atomic E-state index is 13.0. The highest BCUT2D eigenvalue weighted by Gasteiger charge is 2.46. The molecule has 6 heteroatoms. The van der Waals surface area contributed by atoms with Gasteiger partial charge in [-0.1, -0.05) is 18.2 Å². The molecule has 0 radical (unpaired) electrons. The lowest BCUT2D eigenvalue weighted by atomic mass is 9.76. The predicted octanol–water partition coefficient (Wildman–Crippen LogP) is 2.63. The van der Waals surface area contributed by atoms with Crippen LogP contribution < -0.4 is 9.47 Å². The van der Waals surface area contributed by atoms with E-state index in [1.807, 2.05) is 12.1 Å². The van der Waals surface area contributed by atoms with Crippen molar-refractivity contribution in [3.63, 3.8) is 0 Å². The minimum absolute atomic E-state index is 0.122. The molecule has 0 bridgehead atoms. The summed E-state index contributed by atoms with van der Waals surface area (Å²) in [5.41, 5.74) is 2.83. The highest BCUT2D eigenvalue weighted by atomic mass is 16.5. The average molecular weight is 353 g/mol. The third-order valence-corrected chi connectivity index (χ3v) is 5.29. The van der Waals surface area contributed by atoms with Gasteiger partial charge in [0.15, 0.2) is 11.5 Å². The van der Waals surface area contributed by atoms with Crippen LogP contribution in [0.1, 0.15) is 39.0 Å². The molecule has 0 aromatic heterocycles. The minimum Gasteiger partial charge on any atom is -0.493 e. The summed E-state index contributed by atoms with van der Waals surface area (Å²) in [6.45, 7) is 0.476. The Morgan fingerprint density at radius 1 is 1.12 bits per heavy atom. The van der Waals surface area contributed by atoms with Gasteiger partial charge in [-0.05, 0) is 41.3 Å². The minimum atomic E-state index is -0.942. The van der Waals surface area contributed by atoms with Gasteiger partial charge < -0.3 is 19.5 Å². The van der Waals surface area contributed by atoms with Gasteiger partial charge in [0.2, 0.25) is 0 Å². The highest BCUT2D eigenvalue weighted by Crippen LogP contribution is 2.48. The first-order valence-corrected chi connectivity index (χ1v) is 8.44. The van der Waals surface area contributed by atoms with Crippen LogP contribution in [-0.2, 0) is 11.2 Å². The van der Waals surface area contributed by atoms with Crippen LogP contribution >= 0.6 is 0 Å². The number of ether oxygens (including phenoxy) is 2. The molecule has 1 amide bonds. The summed E-state index contributed by atoms with van der Waals surface area (Å²) in [7, 11) is 3.11. The number of carbonyl (C=O) groups is 2. The quantitative estimate of drug-likeness (QED) is 0.918. The first-order valence-electron chi connectivity index (χ1n) is 8.44. The SMILES string of the molecule is COc1cc2c(cc1OC)[C@H]1[C@H](C(=O)O)c3ccccc3C(=O)N1CC2. The van der Waals surface area contributed by atoms with Crippen LogP contribution in [-0.4, -0.2) is 42.6 Å². The van der Waals surface area contributed by atoms with Gasteiger partial charge in [0.25, 0.3) is 5.91 Å². The first kappa shape index (κ1) is 16.4. The normalized spacial score (nSPS) is 20.7. The van der Waals surface area contributed by atoms with Crippen molar-refractivity contribution < 1.29 is 24.2 Å². The number of benzene rings is 2. The summed E-state index contributed by atoms with van der Waals surface area (Å²) in [4.78, 5) is 26.8. The van der Waals surface area contributed by atoms with E-state index in [1.165, 1.54) is 0 Å². The molecule has 0 fully saturated rings. The lowest BCUT2D eigenvalue weighted by Crippen LogP contribution is -2.48. The topological polar surface area (TPSA) is 76.1 Å². The molecule has 1 N–H and O–H groups in total. The molecule has 2 heterocycles. The third-order valence-electron chi connectivity index (χ3n) is 5.29. The Hall–Kier alpha value is -3.02. The lowest BCUT2D eigenvalue weighted by Gasteiger charge is -2.44. The summed E-state index contributed by atoms with van der Waals surface area (Å²) < 4.78 is 10.8. The number of amides is 1.